The van der Waals surface area contributed by atoms with Crippen LogP contribution in [0, 0.1) is 5.53 Å². The maximum atomic E-state index is 12.6. The van der Waals surface area contributed by atoms with E-state index in [4.69, 9.17) is 10.3 Å². The summed E-state index contributed by atoms with van der Waals surface area (Å²) >= 11 is 0. The second-order valence-electron chi connectivity index (χ2n) is 7.93. The van der Waals surface area contributed by atoms with E-state index in [-0.39, 0.29) is 18.1 Å². The maximum Gasteiger partial charge on any atom is 0.276 e. The molecule has 2 amide bonds. The van der Waals surface area contributed by atoms with Crippen molar-refractivity contribution in [3.8, 4) is 5.75 Å². The van der Waals surface area contributed by atoms with Gasteiger partial charge in [-0.25, -0.2) is 5.53 Å². The van der Waals surface area contributed by atoms with Crippen molar-refractivity contribution >= 4 is 17.5 Å². The highest BCUT2D eigenvalue weighted by molar-refractivity contribution is 6.01. The van der Waals surface area contributed by atoms with Gasteiger partial charge in [-0.2, -0.15) is 5.11 Å². The molecule has 1 aromatic carbocycles. The summed E-state index contributed by atoms with van der Waals surface area (Å²) in [6, 6.07) is 8.19. The summed E-state index contributed by atoms with van der Waals surface area (Å²) in [5.74, 6) is 0.199. The second kappa shape index (κ2) is 10.9. The summed E-state index contributed by atoms with van der Waals surface area (Å²) < 4.78 is 5.86. The van der Waals surface area contributed by atoms with E-state index in [1.165, 1.54) is 30.5 Å². The van der Waals surface area contributed by atoms with Gasteiger partial charge in [-0.1, -0.05) is 0 Å². The minimum Gasteiger partial charge on any atom is -0.494 e. The molecule has 1 aromatic rings. The molecular weight excluding hydrogens is 396 g/mol. The van der Waals surface area contributed by atoms with Crippen LogP contribution in [-0.4, -0.2) is 74.0 Å². The zero-order chi connectivity index (χ0) is 22.2. The third-order valence-corrected chi connectivity index (χ3v) is 5.83. The number of hydrogen-bond acceptors (Lipinski definition) is 7. The number of amides is 2. The third-order valence-electron chi connectivity index (χ3n) is 5.83. The van der Waals surface area contributed by atoms with Gasteiger partial charge in [0.1, 0.15) is 12.3 Å². The van der Waals surface area contributed by atoms with Gasteiger partial charge in [0.25, 0.3) is 5.91 Å². The summed E-state index contributed by atoms with van der Waals surface area (Å²) in [6.07, 6.45) is 4.93. The van der Waals surface area contributed by atoms with Crippen molar-refractivity contribution in [3.63, 3.8) is 0 Å². The van der Waals surface area contributed by atoms with Crippen LogP contribution < -0.4 is 15.0 Å². The molecule has 0 spiro atoms. The molecule has 0 unspecified atom stereocenters. The van der Waals surface area contributed by atoms with Crippen molar-refractivity contribution in [2.24, 2.45) is 5.11 Å². The van der Waals surface area contributed by atoms with Crippen LogP contribution in [0.2, 0.25) is 0 Å². The van der Waals surface area contributed by atoms with Crippen molar-refractivity contribution in [1.82, 2.24) is 15.1 Å². The first-order valence-corrected chi connectivity index (χ1v) is 10.8. The molecule has 0 bridgehead atoms. The molecule has 2 N–H and O–H groups in total. The molecule has 9 nitrogen and oxygen atoms in total. The Kier molecular flexibility index (Phi) is 8.00. The Hall–Kier alpha value is -2.94. The predicted molar refractivity (Wildman–Crippen MR) is 118 cm³/mol. The SMILES string of the molecule is CN/C=C(\N=N)C(=O)N1CCN(c2ccc(OCCCN3CCC[C@H]3C)cc2)C(=O)C1. The molecule has 2 aliphatic heterocycles. The Morgan fingerprint density at radius 2 is 2.06 bits per heavy atom. The van der Waals surface area contributed by atoms with Gasteiger partial charge in [0.2, 0.25) is 5.91 Å². The molecule has 9 heteroatoms. The van der Waals surface area contributed by atoms with Crippen LogP contribution in [0.5, 0.6) is 5.75 Å². The topological polar surface area (TPSA) is 101 Å². The number of anilines is 1. The first kappa shape index (κ1) is 22.7. The molecule has 2 saturated heterocycles. The fourth-order valence-electron chi connectivity index (χ4n) is 4.06. The van der Waals surface area contributed by atoms with E-state index in [0.29, 0.717) is 25.7 Å². The fourth-order valence-corrected chi connectivity index (χ4v) is 4.06. The van der Waals surface area contributed by atoms with Gasteiger partial charge in [-0.15, -0.1) is 0 Å². The lowest BCUT2D eigenvalue weighted by atomic mass is 10.2. The maximum absolute atomic E-state index is 12.6. The van der Waals surface area contributed by atoms with E-state index >= 15 is 0 Å². The van der Waals surface area contributed by atoms with Crippen LogP contribution in [0.3, 0.4) is 0 Å². The molecule has 168 valence electrons. The van der Waals surface area contributed by atoms with E-state index in [0.717, 1.165) is 24.4 Å². The van der Waals surface area contributed by atoms with Crippen LogP contribution in [0.1, 0.15) is 26.2 Å². The smallest absolute Gasteiger partial charge is 0.276 e. The number of nitrogens with one attached hydrogen (secondary N) is 2. The number of ether oxygens (including phenoxy) is 1. The number of benzene rings is 1. The Morgan fingerprint density at radius 1 is 1.29 bits per heavy atom. The molecule has 31 heavy (non-hydrogen) atoms. The first-order chi connectivity index (χ1) is 15.0. The van der Waals surface area contributed by atoms with E-state index in [9.17, 15) is 9.59 Å². The van der Waals surface area contributed by atoms with E-state index in [1.54, 1.807) is 11.9 Å². The Morgan fingerprint density at radius 3 is 2.68 bits per heavy atom. The van der Waals surface area contributed by atoms with E-state index < -0.39 is 5.91 Å². The van der Waals surface area contributed by atoms with Gasteiger partial charge in [0.15, 0.2) is 5.70 Å². The van der Waals surface area contributed by atoms with Gasteiger partial charge >= 0.3 is 0 Å². The van der Waals surface area contributed by atoms with Crippen LogP contribution in [0.4, 0.5) is 5.69 Å². The molecule has 2 heterocycles. The summed E-state index contributed by atoms with van der Waals surface area (Å²) in [7, 11) is 1.63. The monoisotopic (exact) mass is 428 g/mol. The Balaban J connectivity index is 1.47. The van der Waals surface area contributed by atoms with Crippen LogP contribution in [-0.2, 0) is 9.59 Å². The zero-order valence-electron chi connectivity index (χ0n) is 18.3. The minimum absolute atomic E-state index is 0.0237. The molecule has 3 rings (SSSR count). The van der Waals surface area contributed by atoms with Gasteiger partial charge < -0.3 is 24.8 Å². The highest BCUT2D eigenvalue weighted by Crippen LogP contribution is 2.22. The molecule has 1 atom stereocenters. The normalized spacial score (nSPS) is 20.1. The van der Waals surface area contributed by atoms with E-state index in [2.05, 4.69) is 22.3 Å². The predicted octanol–water partition coefficient (Wildman–Crippen LogP) is 2.21. The highest BCUT2D eigenvalue weighted by atomic mass is 16.5. The number of nitrogens with zero attached hydrogens (tertiary/aromatic N) is 4. The number of carbonyl (C=O) groups is 2. The van der Waals surface area contributed by atoms with Crippen molar-refractivity contribution in [2.75, 3.05) is 51.3 Å². The van der Waals surface area contributed by atoms with Crippen molar-refractivity contribution in [1.29, 1.82) is 5.53 Å². The van der Waals surface area contributed by atoms with Crippen molar-refractivity contribution < 1.29 is 14.3 Å². The van der Waals surface area contributed by atoms with Crippen LogP contribution in [0.15, 0.2) is 41.3 Å². The van der Waals surface area contributed by atoms with E-state index in [1.807, 2.05) is 24.3 Å². The largest absolute Gasteiger partial charge is 0.494 e. The van der Waals surface area contributed by atoms with Gasteiger partial charge in [-0.3, -0.25) is 9.59 Å². The lowest BCUT2D eigenvalue weighted by Crippen LogP contribution is -2.52. The van der Waals surface area contributed by atoms with Gasteiger partial charge in [0, 0.05) is 44.6 Å². The summed E-state index contributed by atoms with van der Waals surface area (Å²) in [4.78, 5) is 30.6. The average Bonchev–Trinajstić information content (AvgIpc) is 3.19. The fraction of sp³-hybridized carbons (Fsp3) is 0.545. The molecule has 0 aliphatic carbocycles. The molecule has 0 radical (unpaired) electrons. The van der Waals surface area contributed by atoms with Crippen LogP contribution in [0.25, 0.3) is 0 Å². The molecular formula is C22H32N6O3. The number of likely N-dealkylation sites (tertiary alicyclic amines) is 1. The minimum atomic E-state index is -0.426. The Labute approximate surface area is 183 Å². The summed E-state index contributed by atoms with van der Waals surface area (Å²) in [5, 5.41) is 5.93. The molecule has 0 aromatic heterocycles. The number of rotatable bonds is 9. The van der Waals surface area contributed by atoms with Gasteiger partial charge in [-0.05, 0) is 57.0 Å². The number of piperazine rings is 1. The molecule has 0 saturated carbocycles. The quantitative estimate of drug-likeness (QED) is 0.357. The highest BCUT2D eigenvalue weighted by Gasteiger charge is 2.29. The van der Waals surface area contributed by atoms with Crippen molar-refractivity contribution in [2.45, 2.75) is 32.2 Å². The number of hydrogen-bond donors (Lipinski definition) is 2. The standard InChI is InChI=1S/C22H32N6O3/c1-17-5-3-10-26(17)11-4-14-31-19-8-6-18(7-9-19)28-13-12-27(16-21(28)29)22(30)20(25-23)15-24-2/h6-9,15,17,23-24H,3-5,10-14,16H2,1-2H3/b20-15-,25-23?/t17-/m1/s1. The third kappa shape index (κ3) is 5.81. The molecule has 2 fully saturated rings. The van der Waals surface area contributed by atoms with Crippen molar-refractivity contribution in [3.05, 3.63) is 36.2 Å². The average molecular weight is 429 g/mol. The lowest BCUT2D eigenvalue weighted by Gasteiger charge is -2.34. The zero-order valence-corrected chi connectivity index (χ0v) is 18.3. The second-order valence-corrected chi connectivity index (χ2v) is 7.93. The number of carbonyl (C=O) groups excluding carboxylic acids is 2. The van der Waals surface area contributed by atoms with Crippen LogP contribution >= 0.6 is 0 Å². The first-order valence-electron chi connectivity index (χ1n) is 10.8. The molecule has 2 aliphatic rings. The lowest BCUT2D eigenvalue weighted by molar-refractivity contribution is -0.134. The Bertz CT molecular complexity index is 810. The summed E-state index contributed by atoms with van der Waals surface area (Å²) in [5.41, 5.74) is 7.89. The van der Waals surface area contributed by atoms with Gasteiger partial charge in [0.05, 0.1) is 6.61 Å². The summed E-state index contributed by atoms with van der Waals surface area (Å²) in [6.45, 7) is 5.95.